The van der Waals surface area contributed by atoms with Crippen molar-refractivity contribution in [2.45, 2.75) is 19.8 Å². The van der Waals surface area contributed by atoms with Crippen LogP contribution >= 0.6 is 11.6 Å². The fourth-order valence-corrected chi connectivity index (χ4v) is 3.41. The van der Waals surface area contributed by atoms with Crippen LogP contribution in [0.25, 0.3) is 10.9 Å². The molecule has 0 atom stereocenters. The number of halogens is 1. The highest BCUT2D eigenvalue weighted by Gasteiger charge is 2.28. The molecule has 0 amide bonds. The number of hydrogen-bond acceptors (Lipinski definition) is 7. The first-order valence-corrected chi connectivity index (χ1v) is 8.96. The first-order valence-electron chi connectivity index (χ1n) is 8.58. The molecule has 26 heavy (non-hydrogen) atoms. The fourth-order valence-electron chi connectivity index (χ4n) is 3.24. The third-order valence-corrected chi connectivity index (χ3v) is 4.74. The monoisotopic (exact) mass is 379 g/mol. The third-order valence-electron chi connectivity index (χ3n) is 4.57. The van der Waals surface area contributed by atoms with Crippen molar-refractivity contribution in [1.29, 1.82) is 0 Å². The number of methoxy groups -OCH3 is 2. The Labute approximate surface area is 157 Å². The molecule has 7 nitrogen and oxygen atoms in total. The summed E-state index contributed by atoms with van der Waals surface area (Å²) in [6.45, 7) is 3.62. The number of carbonyl (C=O) groups excluding carboxylic acids is 1. The molecule has 8 heteroatoms. The SMILES string of the molecule is CCOC(=O)C1CCN(c2nc(Cl)nc3cc(OC)c(OC)cc23)CC1. The first kappa shape index (κ1) is 18.5. The van der Waals surface area contributed by atoms with Crippen LogP contribution in [0.2, 0.25) is 5.28 Å². The van der Waals surface area contributed by atoms with E-state index < -0.39 is 0 Å². The number of carbonyl (C=O) groups is 1. The minimum absolute atomic E-state index is 0.0654. The lowest BCUT2D eigenvalue weighted by atomic mass is 9.97. The minimum Gasteiger partial charge on any atom is -0.493 e. The van der Waals surface area contributed by atoms with Gasteiger partial charge in [0, 0.05) is 24.5 Å². The van der Waals surface area contributed by atoms with E-state index in [1.54, 1.807) is 20.3 Å². The highest BCUT2D eigenvalue weighted by atomic mass is 35.5. The molecular weight excluding hydrogens is 358 g/mol. The maximum Gasteiger partial charge on any atom is 0.309 e. The van der Waals surface area contributed by atoms with E-state index >= 15 is 0 Å². The maximum atomic E-state index is 11.9. The van der Waals surface area contributed by atoms with Gasteiger partial charge in [-0.2, -0.15) is 4.98 Å². The van der Waals surface area contributed by atoms with Gasteiger partial charge >= 0.3 is 5.97 Å². The average molecular weight is 380 g/mol. The molecule has 2 heterocycles. The Kier molecular flexibility index (Phi) is 5.66. The van der Waals surface area contributed by atoms with Crippen LogP contribution in [0.4, 0.5) is 5.82 Å². The molecule has 1 aromatic carbocycles. The summed E-state index contributed by atoms with van der Waals surface area (Å²) in [5, 5.41) is 1.01. The van der Waals surface area contributed by atoms with Crippen LogP contribution in [0.3, 0.4) is 0 Å². The standard InChI is InChI=1S/C18H22ClN3O4/c1-4-26-17(23)11-5-7-22(8-6-11)16-12-9-14(24-2)15(25-3)10-13(12)20-18(19)21-16/h9-11H,4-8H2,1-3H3. The number of nitrogens with zero attached hydrogens (tertiary/aromatic N) is 3. The maximum absolute atomic E-state index is 11.9. The van der Waals surface area contributed by atoms with Gasteiger partial charge in [-0.25, -0.2) is 4.98 Å². The quantitative estimate of drug-likeness (QED) is 0.583. The Morgan fingerprint density at radius 1 is 1.19 bits per heavy atom. The molecule has 140 valence electrons. The van der Waals surface area contributed by atoms with E-state index in [4.69, 9.17) is 25.8 Å². The van der Waals surface area contributed by atoms with Gasteiger partial charge < -0.3 is 19.1 Å². The zero-order valence-electron chi connectivity index (χ0n) is 15.1. The van der Waals surface area contributed by atoms with Crippen molar-refractivity contribution < 1.29 is 19.0 Å². The van der Waals surface area contributed by atoms with Crippen molar-refractivity contribution in [3.05, 3.63) is 17.4 Å². The summed E-state index contributed by atoms with van der Waals surface area (Å²) in [4.78, 5) is 22.8. The molecule has 1 saturated heterocycles. The van der Waals surface area contributed by atoms with E-state index in [1.807, 2.05) is 13.0 Å². The van der Waals surface area contributed by atoms with Crippen LogP contribution in [0.15, 0.2) is 12.1 Å². The second-order valence-corrected chi connectivity index (χ2v) is 6.39. The van der Waals surface area contributed by atoms with Crippen molar-refractivity contribution in [2.75, 3.05) is 38.8 Å². The van der Waals surface area contributed by atoms with Gasteiger partial charge in [0.15, 0.2) is 11.5 Å². The van der Waals surface area contributed by atoms with Gasteiger partial charge in [-0.3, -0.25) is 4.79 Å². The molecule has 1 aliphatic rings. The Hall–Kier alpha value is -2.28. The molecule has 2 aromatic rings. The van der Waals surface area contributed by atoms with Gasteiger partial charge in [-0.15, -0.1) is 0 Å². The molecule has 1 aromatic heterocycles. The van der Waals surface area contributed by atoms with E-state index in [-0.39, 0.29) is 17.2 Å². The molecule has 0 N–H and O–H groups in total. The van der Waals surface area contributed by atoms with Gasteiger partial charge in [0.05, 0.1) is 32.3 Å². The van der Waals surface area contributed by atoms with Crippen LogP contribution in [-0.4, -0.2) is 49.9 Å². The number of piperidine rings is 1. The van der Waals surface area contributed by atoms with Crippen molar-refractivity contribution in [2.24, 2.45) is 5.92 Å². The largest absolute Gasteiger partial charge is 0.493 e. The number of rotatable bonds is 5. The number of aromatic nitrogens is 2. The van der Waals surface area contributed by atoms with Gasteiger partial charge in [0.25, 0.3) is 0 Å². The summed E-state index contributed by atoms with van der Waals surface area (Å²) in [7, 11) is 3.17. The number of ether oxygens (including phenoxy) is 3. The van der Waals surface area contributed by atoms with E-state index in [0.717, 1.165) is 24.0 Å². The number of hydrogen-bond donors (Lipinski definition) is 0. The van der Waals surface area contributed by atoms with E-state index in [2.05, 4.69) is 14.9 Å². The fraction of sp³-hybridized carbons (Fsp3) is 0.500. The number of fused-ring (bicyclic) bond motifs is 1. The van der Waals surface area contributed by atoms with Crippen LogP contribution in [0, 0.1) is 5.92 Å². The van der Waals surface area contributed by atoms with E-state index in [0.29, 0.717) is 36.7 Å². The van der Waals surface area contributed by atoms with Crippen LogP contribution in [0.5, 0.6) is 11.5 Å². The summed E-state index contributed by atoms with van der Waals surface area (Å²) in [5.41, 5.74) is 0.685. The topological polar surface area (TPSA) is 73.8 Å². The smallest absolute Gasteiger partial charge is 0.309 e. The van der Waals surface area contributed by atoms with Crippen molar-refractivity contribution in [3.63, 3.8) is 0 Å². The summed E-state index contributed by atoms with van der Waals surface area (Å²) in [5.74, 6) is 1.74. The Bertz CT molecular complexity index is 807. The summed E-state index contributed by atoms with van der Waals surface area (Å²) < 4.78 is 15.9. The van der Waals surface area contributed by atoms with Crippen LogP contribution < -0.4 is 14.4 Å². The molecule has 0 unspecified atom stereocenters. The average Bonchev–Trinajstić information content (AvgIpc) is 2.66. The first-order chi connectivity index (χ1) is 12.6. The number of anilines is 1. The Balaban J connectivity index is 1.91. The van der Waals surface area contributed by atoms with Gasteiger partial charge in [0.1, 0.15) is 5.82 Å². The second kappa shape index (κ2) is 7.95. The highest BCUT2D eigenvalue weighted by Crippen LogP contribution is 2.36. The molecular formula is C18H22ClN3O4. The number of esters is 1. The van der Waals surface area contributed by atoms with E-state index in [9.17, 15) is 4.79 Å². The van der Waals surface area contributed by atoms with Crippen LogP contribution in [0.1, 0.15) is 19.8 Å². The molecule has 0 bridgehead atoms. The Morgan fingerprint density at radius 2 is 1.85 bits per heavy atom. The van der Waals surface area contributed by atoms with Gasteiger partial charge in [0.2, 0.25) is 5.28 Å². The van der Waals surface area contributed by atoms with Gasteiger partial charge in [-0.05, 0) is 37.4 Å². The zero-order chi connectivity index (χ0) is 18.7. The minimum atomic E-state index is -0.121. The van der Waals surface area contributed by atoms with E-state index in [1.165, 1.54) is 0 Å². The predicted octanol–water partition coefficient (Wildman–Crippen LogP) is 3.08. The molecule has 0 aliphatic carbocycles. The molecule has 0 radical (unpaired) electrons. The molecule has 0 saturated carbocycles. The summed E-state index contributed by atoms with van der Waals surface area (Å²) in [6, 6.07) is 3.65. The molecule has 0 spiro atoms. The van der Waals surface area contributed by atoms with Crippen LogP contribution in [-0.2, 0) is 9.53 Å². The lowest BCUT2D eigenvalue weighted by Crippen LogP contribution is -2.37. The van der Waals surface area contributed by atoms with Crippen molar-refractivity contribution in [3.8, 4) is 11.5 Å². The van der Waals surface area contributed by atoms with Gasteiger partial charge in [-0.1, -0.05) is 0 Å². The van der Waals surface area contributed by atoms with Crippen molar-refractivity contribution in [1.82, 2.24) is 9.97 Å². The lowest BCUT2D eigenvalue weighted by molar-refractivity contribution is -0.148. The van der Waals surface area contributed by atoms with Crippen molar-refractivity contribution >= 4 is 34.3 Å². The third kappa shape index (κ3) is 3.62. The lowest BCUT2D eigenvalue weighted by Gasteiger charge is -2.32. The predicted molar refractivity (Wildman–Crippen MR) is 99.2 cm³/mol. The molecule has 1 aliphatic heterocycles. The highest BCUT2D eigenvalue weighted by molar-refractivity contribution is 6.28. The normalized spacial score (nSPS) is 15.2. The summed E-state index contributed by atoms with van der Waals surface area (Å²) >= 11 is 6.14. The Morgan fingerprint density at radius 3 is 2.46 bits per heavy atom. The second-order valence-electron chi connectivity index (χ2n) is 6.05. The zero-order valence-corrected chi connectivity index (χ0v) is 15.9. The molecule has 1 fully saturated rings. The summed E-state index contributed by atoms with van der Waals surface area (Å²) in [6.07, 6.45) is 1.43. The number of benzene rings is 1. The molecule has 3 rings (SSSR count).